The van der Waals surface area contributed by atoms with Gasteiger partial charge in [0, 0.05) is 24.4 Å². The Morgan fingerprint density at radius 2 is 1.77 bits per heavy atom. The van der Waals surface area contributed by atoms with E-state index in [0.717, 1.165) is 5.56 Å². The van der Waals surface area contributed by atoms with E-state index < -0.39 is 0 Å². The van der Waals surface area contributed by atoms with Crippen molar-refractivity contribution >= 4 is 5.78 Å². The number of rotatable bonds is 7. The van der Waals surface area contributed by atoms with Gasteiger partial charge in [0.15, 0.2) is 17.3 Å². The summed E-state index contributed by atoms with van der Waals surface area (Å²) in [6, 6.07) is 15.1. The highest BCUT2D eigenvalue weighted by Gasteiger charge is 2.08. The maximum Gasteiger partial charge on any atom is 0.187 e. The monoisotopic (exact) mass is 297 g/mol. The van der Waals surface area contributed by atoms with Crippen LogP contribution in [0.15, 0.2) is 60.8 Å². The number of hydrogen-bond donors (Lipinski definition) is 1. The van der Waals surface area contributed by atoms with E-state index in [1.165, 1.54) is 6.08 Å². The Balaban J connectivity index is 1.95. The molecule has 0 aromatic heterocycles. The van der Waals surface area contributed by atoms with Crippen LogP contribution in [0.3, 0.4) is 0 Å². The summed E-state index contributed by atoms with van der Waals surface area (Å²) in [4.78, 5) is 12.1. The molecule has 114 valence electrons. The summed E-state index contributed by atoms with van der Waals surface area (Å²) in [6.45, 7) is 0.677. The van der Waals surface area contributed by atoms with Crippen molar-refractivity contribution in [2.45, 2.75) is 6.54 Å². The number of hydrogen-bond acceptors (Lipinski definition) is 4. The highest BCUT2D eigenvalue weighted by molar-refractivity contribution is 6.04. The van der Waals surface area contributed by atoms with Crippen molar-refractivity contribution in [1.82, 2.24) is 5.32 Å². The van der Waals surface area contributed by atoms with E-state index in [4.69, 9.17) is 9.47 Å². The predicted molar refractivity (Wildman–Crippen MR) is 86.3 cm³/mol. The fourth-order valence-electron chi connectivity index (χ4n) is 1.99. The lowest BCUT2D eigenvalue weighted by molar-refractivity contribution is 0.104. The van der Waals surface area contributed by atoms with Crippen molar-refractivity contribution in [2.24, 2.45) is 0 Å². The summed E-state index contributed by atoms with van der Waals surface area (Å²) in [5, 5.41) is 3.10. The second-order valence-corrected chi connectivity index (χ2v) is 4.63. The molecule has 2 rings (SSSR count). The summed E-state index contributed by atoms with van der Waals surface area (Å²) in [5.41, 5.74) is 1.71. The number of benzene rings is 2. The average molecular weight is 297 g/mol. The van der Waals surface area contributed by atoms with E-state index in [1.54, 1.807) is 38.6 Å². The molecule has 0 aliphatic carbocycles. The van der Waals surface area contributed by atoms with Crippen LogP contribution in [0.1, 0.15) is 15.9 Å². The second-order valence-electron chi connectivity index (χ2n) is 4.63. The molecule has 0 heterocycles. The van der Waals surface area contributed by atoms with E-state index in [2.05, 4.69) is 5.32 Å². The molecule has 0 saturated carbocycles. The molecular formula is C18H19NO3. The number of allylic oxidation sites excluding steroid dienone is 1. The molecule has 0 aliphatic heterocycles. The standard InChI is InChI=1S/C18H19NO3/c1-21-17-9-8-15(12-18(17)22-2)16(20)10-11-19-13-14-6-4-3-5-7-14/h3-12,19H,13H2,1-2H3/b11-10+. The third kappa shape index (κ3) is 4.12. The van der Waals surface area contributed by atoms with Gasteiger partial charge in [-0.25, -0.2) is 0 Å². The predicted octanol–water partition coefficient (Wildman–Crippen LogP) is 3.19. The Kier molecular flexibility index (Phi) is 5.60. The molecule has 4 nitrogen and oxygen atoms in total. The lowest BCUT2D eigenvalue weighted by Gasteiger charge is -2.08. The van der Waals surface area contributed by atoms with Crippen LogP contribution in [0, 0.1) is 0 Å². The molecule has 1 N–H and O–H groups in total. The topological polar surface area (TPSA) is 47.6 Å². The minimum atomic E-state index is -0.0958. The molecule has 0 fully saturated rings. The van der Waals surface area contributed by atoms with E-state index in [-0.39, 0.29) is 5.78 Å². The fraction of sp³-hybridized carbons (Fsp3) is 0.167. The SMILES string of the molecule is COc1ccc(C(=O)/C=C/NCc2ccccc2)cc1OC. The summed E-state index contributed by atoms with van der Waals surface area (Å²) in [5.74, 6) is 1.05. The van der Waals surface area contributed by atoms with Crippen LogP contribution in [0.4, 0.5) is 0 Å². The molecule has 22 heavy (non-hydrogen) atoms. The third-order valence-corrected chi connectivity index (χ3v) is 3.17. The molecule has 0 aliphatic rings. The summed E-state index contributed by atoms with van der Waals surface area (Å²) < 4.78 is 10.3. The number of ketones is 1. The average Bonchev–Trinajstić information content (AvgIpc) is 2.58. The van der Waals surface area contributed by atoms with Gasteiger partial charge in [-0.2, -0.15) is 0 Å². The zero-order valence-electron chi connectivity index (χ0n) is 12.7. The highest BCUT2D eigenvalue weighted by atomic mass is 16.5. The van der Waals surface area contributed by atoms with Crippen molar-refractivity contribution in [3.05, 3.63) is 71.9 Å². The number of carbonyl (C=O) groups is 1. The van der Waals surface area contributed by atoms with E-state index in [0.29, 0.717) is 23.6 Å². The largest absolute Gasteiger partial charge is 0.493 e. The first kappa shape index (κ1) is 15.6. The second kappa shape index (κ2) is 7.88. The lowest BCUT2D eigenvalue weighted by Crippen LogP contribution is -2.06. The van der Waals surface area contributed by atoms with Crippen LogP contribution in [0.2, 0.25) is 0 Å². The van der Waals surface area contributed by atoms with Crippen LogP contribution in [-0.4, -0.2) is 20.0 Å². The summed E-state index contributed by atoms with van der Waals surface area (Å²) >= 11 is 0. The van der Waals surface area contributed by atoms with E-state index in [9.17, 15) is 4.79 Å². The zero-order valence-corrected chi connectivity index (χ0v) is 12.7. The molecule has 0 amide bonds. The van der Waals surface area contributed by atoms with Crippen molar-refractivity contribution in [1.29, 1.82) is 0 Å². The van der Waals surface area contributed by atoms with Gasteiger partial charge in [-0.05, 0) is 23.8 Å². The van der Waals surface area contributed by atoms with Crippen molar-refractivity contribution in [3.8, 4) is 11.5 Å². The quantitative estimate of drug-likeness (QED) is 0.630. The number of carbonyl (C=O) groups excluding carboxylic acids is 1. The van der Waals surface area contributed by atoms with Gasteiger partial charge >= 0.3 is 0 Å². The highest BCUT2D eigenvalue weighted by Crippen LogP contribution is 2.27. The van der Waals surface area contributed by atoms with Crippen molar-refractivity contribution in [3.63, 3.8) is 0 Å². The molecule has 0 spiro atoms. The van der Waals surface area contributed by atoms with Crippen LogP contribution in [0.5, 0.6) is 11.5 Å². The third-order valence-electron chi connectivity index (χ3n) is 3.17. The molecule has 0 atom stereocenters. The summed E-state index contributed by atoms with van der Waals surface area (Å²) in [7, 11) is 3.11. The minimum Gasteiger partial charge on any atom is -0.493 e. The van der Waals surface area contributed by atoms with Gasteiger partial charge in [-0.3, -0.25) is 4.79 Å². The smallest absolute Gasteiger partial charge is 0.187 e. The maximum atomic E-state index is 12.1. The van der Waals surface area contributed by atoms with Gasteiger partial charge in [0.05, 0.1) is 14.2 Å². The van der Waals surface area contributed by atoms with Gasteiger partial charge in [0.2, 0.25) is 0 Å². The molecule has 0 saturated heterocycles. The first-order valence-corrected chi connectivity index (χ1v) is 6.95. The number of nitrogens with one attached hydrogen (secondary N) is 1. The Bertz CT molecular complexity index is 651. The van der Waals surface area contributed by atoms with E-state index >= 15 is 0 Å². The molecule has 0 unspecified atom stereocenters. The van der Waals surface area contributed by atoms with Crippen molar-refractivity contribution < 1.29 is 14.3 Å². The Morgan fingerprint density at radius 1 is 1.05 bits per heavy atom. The molecule has 2 aromatic carbocycles. The summed E-state index contributed by atoms with van der Waals surface area (Å²) in [6.07, 6.45) is 3.16. The molecule has 4 heteroatoms. The maximum absolute atomic E-state index is 12.1. The van der Waals surface area contributed by atoms with Crippen LogP contribution >= 0.6 is 0 Å². The van der Waals surface area contributed by atoms with Gasteiger partial charge in [-0.15, -0.1) is 0 Å². The van der Waals surface area contributed by atoms with Gasteiger partial charge in [-0.1, -0.05) is 30.3 Å². The van der Waals surface area contributed by atoms with Gasteiger partial charge < -0.3 is 14.8 Å². The molecule has 2 aromatic rings. The van der Waals surface area contributed by atoms with E-state index in [1.807, 2.05) is 30.3 Å². The van der Waals surface area contributed by atoms with Crippen LogP contribution in [0.25, 0.3) is 0 Å². The zero-order chi connectivity index (χ0) is 15.8. The molecule has 0 radical (unpaired) electrons. The number of ether oxygens (including phenoxy) is 2. The van der Waals surface area contributed by atoms with Crippen LogP contribution < -0.4 is 14.8 Å². The van der Waals surface area contributed by atoms with Gasteiger partial charge in [0.25, 0.3) is 0 Å². The fourth-order valence-corrected chi connectivity index (χ4v) is 1.99. The van der Waals surface area contributed by atoms with Crippen LogP contribution in [-0.2, 0) is 6.54 Å². The first-order chi connectivity index (χ1) is 10.7. The first-order valence-electron chi connectivity index (χ1n) is 6.95. The Morgan fingerprint density at radius 3 is 2.45 bits per heavy atom. The van der Waals surface area contributed by atoms with Gasteiger partial charge in [0.1, 0.15) is 0 Å². The van der Waals surface area contributed by atoms with Crippen molar-refractivity contribution in [2.75, 3.05) is 14.2 Å². The number of methoxy groups -OCH3 is 2. The normalized spacial score (nSPS) is 10.5. The Labute approximate surface area is 130 Å². The lowest BCUT2D eigenvalue weighted by atomic mass is 10.1. The molecular weight excluding hydrogens is 278 g/mol. The Hall–Kier alpha value is -2.75. The molecule has 0 bridgehead atoms. The minimum absolute atomic E-state index is 0.0958.